The fraction of sp³-hybridized carbons (Fsp3) is 0.226. The Hall–Kier alpha value is -11.0. The summed E-state index contributed by atoms with van der Waals surface area (Å²) in [6, 6.07) is 22.8. The monoisotopic (exact) mass is 1210 g/mol. The van der Waals surface area contributed by atoms with Crippen molar-refractivity contribution >= 4 is 45.6 Å². The van der Waals surface area contributed by atoms with Gasteiger partial charge in [0.1, 0.15) is 107 Å². The first-order valence-electron chi connectivity index (χ1n) is 27.8. The maximum atomic E-state index is 14.4. The summed E-state index contributed by atoms with van der Waals surface area (Å²) in [4.78, 5) is 56.7. The number of hydrogen-bond donors (Lipinski definition) is 4. The summed E-state index contributed by atoms with van der Waals surface area (Å²) >= 11 is 0. The number of aromatic nitrogens is 12. The summed E-state index contributed by atoms with van der Waals surface area (Å²) in [6.07, 6.45) is 13.0. The number of carboxylic acids is 1. The van der Waals surface area contributed by atoms with Crippen LogP contribution in [0.5, 0.6) is 34.5 Å². The van der Waals surface area contributed by atoms with E-state index in [1.807, 2.05) is 16.8 Å². The smallest absolute Gasteiger partial charge is 0.364 e. The van der Waals surface area contributed by atoms with Crippen LogP contribution in [0.2, 0.25) is 0 Å². The lowest BCUT2D eigenvalue weighted by Gasteiger charge is -2.32. The van der Waals surface area contributed by atoms with Crippen LogP contribution in [-0.4, -0.2) is 107 Å². The number of nitrogens with two attached hydrogens (primary N) is 2. The fourth-order valence-corrected chi connectivity index (χ4v) is 9.77. The Labute approximate surface area is 505 Å². The van der Waals surface area contributed by atoms with E-state index >= 15 is 0 Å². The number of amides is 1. The number of aliphatic carboxylic acids is 1. The number of halogens is 4. The number of anilines is 2. The second-order valence-electron chi connectivity index (χ2n) is 20.5. The number of aryl methyl sites for hydroxylation is 2. The summed E-state index contributed by atoms with van der Waals surface area (Å²) < 4.78 is 80.3. The summed E-state index contributed by atoms with van der Waals surface area (Å²) in [5.74, 6) is -1.48. The minimum absolute atomic E-state index is 0.172. The van der Waals surface area contributed by atoms with Crippen molar-refractivity contribution in [2.75, 3.05) is 37.6 Å². The lowest BCUT2D eigenvalue weighted by Crippen LogP contribution is -2.41. The van der Waals surface area contributed by atoms with Gasteiger partial charge >= 0.3 is 5.97 Å². The van der Waals surface area contributed by atoms with Crippen LogP contribution in [0.3, 0.4) is 0 Å². The van der Waals surface area contributed by atoms with Gasteiger partial charge in [-0.1, -0.05) is 13.2 Å². The highest BCUT2D eigenvalue weighted by atomic mass is 19.1. The third-order valence-electron chi connectivity index (χ3n) is 14.0. The van der Waals surface area contributed by atoms with E-state index in [1.54, 1.807) is 91.8 Å². The van der Waals surface area contributed by atoms with E-state index in [-0.39, 0.29) is 43.4 Å². The number of ether oxygens (including phenoxy) is 4. The summed E-state index contributed by atoms with van der Waals surface area (Å²) in [5.41, 5.74) is 18.1. The van der Waals surface area contributed by atoms with Crippen molar-refractivity contribution in [2.45, 2.75) is 64.8 Å². The van der Waals surface area contributed by atoms with E-state index in [0.717, 1.165) is 53.7 Å². The number of nitrogens with zero attached hydrogens (tertiary/aromatic N) is 13. The fourth-order valence-electron chi connectivity index (χ4n) is 9.77. The summed E-state index contributed by atoms with van der Waals surface area (Å²) in [5, 5.41) is 22.0. The highest BCUT2D eigenvalue weighted by Crippen LogP contribution is 2.38. The quantitative estimate of drug-likeness (QED) is 0.0516. The van der Waals surface area contributed by atoms with E-state index in [0.29, 0.717) is 93.6 Å². The van der Waals surface area contributed by atoms with Gasteiger partial charge in [-0.25, -0.2) is 67.2 Å². The zero-order valence-corrected chi connectivity index (χ0v) is 48.1. The average Bonchev–Trinajstić information content (AvgIpc) is 1.90. The predicted octanol–water partition coefficient (Wildman–Crippen LogP) is 10.5. The molecule has 0 spiro atoms. The Morgan fingerprint density at radius 1 is 0.607 bits per heavy atom. The van der Waals surface area contributed by atoms with E-state index in [9.17, 15) is 27.2 Å². The minimum Gasteiger partial charge on any atom is -0.489 e. The molecule has 0 radical (unpaired) electrons. The number of nitrogens with one attached hydrogen (secondary N) is 1. The Bertz CT molecular complexity index is 4180. The van der Waals surface area contributed by atoms with Gasteiger partial charge in [-0.3, -0.25) is 4.79 Å². The Morgan fingerprint density at radius 2 is 1.04 bits per heavy atom. The number of carbonyl (C=O) groups is 2. The predicted molar refractivity (Wildman–Crippen MR) is 320 cm³/mol. The van der Waals surface area contributed by atoms with Crippen LogP contribution in [0.4, 0.5) is 29.2 Å². The first-order valence-corrected chi connectivity index (χ1v) is 27.8. The molecule has 12 rings (SSSR count). The number of benzene rings is 4. The van der Waals surface area contributed by atoms with Crippen molar-refractivity contribution in [2.24, 2.45) is 0 Å². The number of fused-ring (bicyclic) bond motifs is 2. The van der Waals surface area contributed by atoms with Crippen molar-refractivity contribution in [3.63, 3.8) is 0 Å². The zero-order chi connectivity index (χ0) is 62.7. The molecule has 0 unspecified atom stereocenters. The summed E-state index contributed by atoms with van der Waals surface area (Å²) in [7, 11) is 0. The second-order valence-corrected chi connectivity index (χ2v) is 20.5. The second kappa shape index (κ2) is 27.6. The molecule has 23 nitrogen and oxygen atoms in total. The normalized spacial score (nSPS) is 14.6. The topological polar surface area (TPSA) is 297 Å². The Morgan fingerprint density at radius 3 is 1.47 bits per heavy atom. The van der Waals surface area contributed by atoms with Crippen LogP contribution >= 0.6 is 0 Å². The first-order chi connectivity index (χ1) is 42.9. The van der Waals surface area contributed by atoms with Gasteiger partial charge in [0, 0.05) is 103 Å². The van der Waals surface area contributed by atoms with Gasteiger partial charge in [0.05, 0.1) is 22.9 Å². The number of piperidine rings is 2. The lowest BCUT2D eigenvalue weighted by molar-refractivity contribution is -0.134. The molecule has 27 heteroatoms. The molecule has 89 heavy (non-hydrogen) atoms. The van der Waals surface area contributed by atoms with Crippen molar-refractivity contribution in [3.8, 4) is 57.0 Å². The van der Waals surface area contributed by atoms with Gasteiger partial charge in [-0.05, 0) is 94.6 Å². The third-order valence-corrected chi connectivity index (χ3v) is 14.0. The van der Waals surface area contributed by atoms with Crippen molar-refractivity contribution in [1.29, 1.82) is 0 Å². The maximum absolute atomic E-state index is 14.4. The number of rotatable bonds is 16. The molecule has 2 aliphatic heterocycles. The van der Waals surface area contributed by atoms with Crippen LogP contribution < -0.4 is 35.7 Å². The average molecular weight is 1220 g/mol. The molecule has 0 saturated carbocycles. The van der Waals surface area contributed by atoms with E-state index < -0.39 is 35.2 Å². The van der Waals surface area contributed by atoms with Gasteiger partial charge in [-0.2, -0.15) is 14.6 Å². The first kappa shape index (κ1) is 61.1. The van der Waals surface area contributed by atoms with Crippen molar-refractivity contribution in [1.82, 2.24) is 69.6 Å². The van der Waals surface area contributed by atoms with Crippen LogP contribution in [0.1, 0.15) is 60.5 Å². The SMILES string of the molecule is C=C(F)C(=O)N1CCC[C@@H](n2nc(-c3ccc(Oc4cc(F)cc(OCc5cnc(C)nc5)c4)cc3)c3c(N)ncnc32)C1.C=C(F)C(=O)O.Cc1ncc(COc2cc(F)cc(Oc3ccc(-c4nn([C@@H]5CCCNC5)c5ncnc(N)c45)cc3)c2)cn1. The van der Waals surface area contributed by atoms with Gasteiger partial charge < -0.3 is 45.7 Å². The van der Waals surface area contributed by atoms with Gasteiger partial charge in [0.15, 0.2) is 17.1 Å². The van der Waals surface area contributed by atoms with Crippen LogP contribution in [0, 0.1) is 25.5 Å². The number of nitrogen functional groups attached to an aromatic ring is 2. The van der Waals surface area contributed by atoms with Gasteiger partial charge in [-0.15, -0.1) is 0 Å². The van der Waals surface area contributed by atoms with Crippen molar-refractivity contribution < 1.29 is 51.2 Å². The molecule has 456 valence electrons. The van der Waals surface area contributed by atoms with E-state index in [1.165, 1.54) is 41.8 Å². The van der Waals surface area contributed by atoms with E-state index in [2.05, 4.69) is 58.3 Å². The highest BCUT2D eigenvalue weighted by molar-refractivity contribution is 5.99. The number of likely N-dealkylation sites (tertiary alicyclic amines) is 1. The third kappa shape index (κ3) is 15.2. The lowest BCUT2D eigenvalue weighted by atomic mass is 10.1. The molecule has 6 N–H and O–H groups in total. The molecule has 2 saturated heterocycles. The van der Waals surface area contributed by atoms with Gasteiger partial charge in [0.25, 0.3) is 5.91 Å². The van der Waals surface area contributed by atoms with Crippen LogP contribution in [0.15, 0.2) is 147 Å². The molecular weight excluding hydrogens is 1160 g/mol. The molecule has 2 atom stereocenters. The molecule has 6 aromatic heterocycles. The molecule has 2 fully saturated rings. The molecule has 10 aromatic rings. The molecule has 4 aromatic carbocycles. The van der Waals surface area contributed by atoms with Gasteiger partial charge in [0.2, 0.25) is 5.83 Å². The summed E-state index contributed by atoms with van der Waals surface area (Å²) in [6.45, 7) is 12.1. The maximum Gasteiger partial charge on any atom is 0.364 e. The molecule has 8 heterocycles. The molecule has 1 amide bonds. The zero-order valence-electron chi connectivity index (χ0n) is 48.1. The van der Waals surface area contributed by atoms with Crippen molar-refractivity contribution in [3.05, 3.63) is 182 Å². The molecule has 0 aliphatic carbocycles. The van der Waals surface area contributed by atoms with Crippen LogP contribution in [0.25, 0.3) is 44.6 Å². The Kier molecular flexibility index (Phi) is 19.0. The Balaban J connectivity index is 0.000000181. The van der Waals surface area contributed by atoms with Crippen LogP contribution in [-0.2, 0) is 22.8 Å². The highest BCUT2D eigenvalue weighted by Gasteiger charge is 2.30. The number of carbonyl (C=O) groups excluding carboxylic acids is 1. The standard InChI is InChI=1S/C31H28F2N8O3.C28H27FN8O2.C3H3FO2/c1-18(32)31(42)40-9-3-4-23(15-40)41-30-27(29(34)37-17-38-30)28(39-41)21-5-7-24(8-6-21)44-26-11-22(33)10-25(12-26)43-16-20-13-35-19(2)36-14-20;1-17-32-12-18(13-33-17)15-38-23-9-20(29)10-24(11-23)39-22-6-4-19(5-7-22)26-25-27(30)34-16-35-28(25)37(36-26)21-3-2-8-31-14-21;1-2(4)3(5)6/h5-8,10-14,17,23H,1,3-4,9,15-16H2,2H3,(H2,34,37,38);4-7,9-13,16,21,31H,2-3,8,14-15H2,1H3,(H2,30,34,35);1H2,(H,5,6)/t23-;21-;/m11./s1. The number of carboxylic acid groups (broad SMARTS) is 1. The minimum atomic E-state index is -1.60. The number of hydrogen-bond acceptors (Lipinski definition) is 19. The largest absolute Gasteiger partial charge is 0.489 e. The molecule has 2 aliphatic rings. The molecular formula is C62H58F4N16O7. The van der Waals surface area contributed by atoms with E-state index in [4.69, 9.17) is 45.7 Å². The molecule has 0 bridgehead atoms.